The van der Waals surface area contributed by atoms with Crippen molar-refractivity contribution in [1.82, 2.24) is 9.55 Å². The summed E-state index contributed by atoms with van der Waals surface area (Å²) in [5, 5.41) is 8.29. The van der Waals surface area contributed by atoms with Gasteiger partial charge in [-0.05, 0) is 47.5 Å². The van der Waals surface area contributed by atoms with E-state index in [9.17, 15) is 0 Å². The van der Waals surface area contributed by atoms with Gasteiger partial charge in [0.05, 0.1) is 22.2 Å². The number of para-hydroxylation sites is 2. The van der Waals surface area contributed by atoms with Gasteiger partial charge in [-0.2, -0.15) is 0 Å². The van der Waals surface area contributed by atoms with Gasteiger partial charge < -0.3 is 9.13 Å². The Morgan fingerprint density at radius 2 is 0.962 bits per heavy atom. The number of hydrogen-bond donors (Lipinski definition) is 0. The van der Waals surface area contributed by atoms with Gasteiger partial charge in [0.2, 0.25) is 0 Å². The molecule has 0 N–H and O–H groups in total. The predicted octanol–water partition coefficient (Wildman–Crippen LogP) is 11.5. The van der Waals surface area contributed by atoms with E-state index in [0.717, 1.165) is 65.8 Å². The van der Waals surface area contributed by atoms with Crippen molar-refractivity contribution in [1.29, 1.82) is 0 Å². The lowest BCUT2D eigenvalue weighted by Gasteiger charge is -2.20. The highest BCUT2D eigenvalue weighted by molar-refractivity contribution is 7.85. The molecule has 0 aliphatic heterocycles. The molecule has 0 amide bonds. The lowest BCUT2D eigenvalue weighted by atomic mass is 9.94. The molecular weight excluding hydrogens is 664 g/mol. The van der Waals surface area contributed by atoms with E-state index in [1.807, 2.05) is 72.8 Å². The van der Waals surface area contributed by atoms with Crippen molar-refractivity contribution in [2.24, 2.45) is 0 Å². The van der Waals surface area contributed by atoms with Crippen molar-refractivity contribution in [2.45, 2.75) is 0 Å². The van der Waals surface area contributed by atoms with Crippen LogP contribution >= 0.6 is 7.14 Å². The van der Waals surface area contributed by atoms with Gasteiger partial charge in [-0.15, -0.1) is 0 Å². The molecule has 0 aliphatic carbocycles. The first-order chi connectivity index (χ1) is 26.2. The number of fused-ring (bicyclic) bond motifs is 7. The molecule has 10 aromatic rings. The minimum absolute atomic E-state index is 0.814. The fraction of sp³-hybridized carbons (Fsp3) is 0. The zero-order chi connectivity index (χ0) is 35.4. The standard InChI is InChI=1S/C49H33N2OP/c52-53(38-19-9-3-10-20-38,39-21-11-4-12-22-39)40-28-25-34(26-29-40)36-27-31-44-43(33-36)47-42(49(50-44)35-15-5-1-6-16-35)30-32-46-48(47)41-23-13-14-24-45(41)51(46)37-17-7-2-8-18-37/h1-33H. The van der Waals surface area contributed by atoms with Gasteiger partial charge in [-0.25, -0.2) is 4.98 Å². The topological polar surface area (TPSA) is 34.9 Å². The summed E-state index contributed by atoms with van der Waals surface area (Å²) in [5.41, 5.74) is 8.60. The predicted molar refractivity (Wildman–Crippen MR) is 224 cm³/mol. The molecule has 0 atom stereocenters. The number of rotatable bonds is 6. The number of benzene rings is 8. The van der Waals surface area contributed by atoms with E-state index in [2.05, 4.69) is 132 Å². The van der Waals surface area contributed by atoms with Gasteiger partial charge in [-0.3, -0.25) is 0 Å². The van der Waals surface area contributed by atoms with E-state index in [1.165, 1.54) is 21.7 Å². The third kappa shape index (κ3) is 5.04. The SMILES string of the molecule is O=P(c1ccccc1)(c1ccccc1)c1ccc(-c2ccc3nc(-c4ccccc4)c4ccc5c(c6ccccc6n5-c5ccccc5)c4c3c2)cc1. The maximum Gasteiger partial charge on any atom is 0.171 e. The molecule has 3 nitrogen and oxygen atoms in total. The van der Waals surface area contributed by atoms with Gasteiger partial charge >= 0.3 is 0 Å². The van der Waals surface area contributed by atoms with Crippen LogP contribution in [0.15, 0.2) is 200 Å². The van der Waals surface area contributed by atoms with Gasteiger partial charge in [0.25, 0.3) is 0 Å². The summed E-state index contributed by atoms with van der Waals surface area (Å²) in [4.78, 5) is 5.33. The van der Waals surface area contributed by atoms with Crippen LogP contribution in [0.3, 0.4) is 0 Å². The molecule has 4 heteroatoms. The molecule has 0 aliphatic rings. The zero-order valence-electron chi connectivity index (χ0n) is 28.8. The largest absolute Gasteiger partial charge is 0.309 e. The highest BCUT2D eigenvalue weighted by Gasteiger charge is 2.29. The average Bonchev–Trinajstić information content (AvgIpc) is 3.59. The number of hydrogen-bond acceptors (Lipinski definition) is 2. The fourth-order valence-corrected chi connectivity index (χ4v) is 10.6. The van der Waals surface area contributed by atoms with Crippen LogP contribution in [0.1, 0.15) is 0 Å². The number of aromatic nitrogens is 2. The van der Waals surface area contributed by atoms with Crippen LogP contribution in [0.4, 0.5) is 0 Å². The molecule has 0 bridgehead atoms. The second kappa shape index (κ2) is 12.6. The molecule has 2 aromatic heterocycles. The van der Waals surface area contributed by atoms with Gasteiger partial charge in [-0.1, -0.05) is 164 Å². The normalized spacial score (nSPS) is 11.8. The Labute approximate surface area is 307 Å². The summed E-state index contributed by atoms with van der Waals surface area (Å²) in [6.07, 6.45) is 0. The molecule has 8 aromatic carbocycles. The smallest absolute Gasteiger partial charge is 0.171 e. The molecular formula is C49H33N2OP. The fourth-order valence-electron chi connectivity index (χ4n) is 7.99. The van der Waals surface area contributed by atoms with Crippen molar-refractivity contribution in [3.63, 3.8) is 0 Å². The van der Waals surface area contributed by atoms with Gasteiger partial charge in [0.15, 0.2) is 7.14 Å². The molecule has 250 valence electrons. The van der Waals surface area contributed by atoms with Crippen molar-refractivity contribution in [3.8, 4) is 28.1 Å². The zero-order valence-corrected chi connectivity index (χ0v) is 29.7. The van der Waals surface area contributed by atoms with Crippen molar-refractivity contribution < 1.29 is 4.57 Å². The molecule has 0 saturated heterocycles. The Hall–Kier alpha value is -6.54. The Bertz CT molecular complexity index is 2950. The third-order valence-corrected chi connectivity index (χ3v) is 13.5. The maximum absolute atomic E-state index is 15.1. The number of nitrogens with zero attached hydrogens (tertiary/aromatic N) is 2. The highest BCUT2D eigenvalue weighted by Crippen LogP contribution is 2.44. The van der Waals surface area contributed by atoms with Crippen molar-refractivity contribution in [2.75, 3.05) is 0 Å². The van der Waals surface area contributed by atoms with Crippen LogP contribution in [0.2, 0.25) is 0 Å². The van der Waals surface area contributed by atoms with Crippen LogP contribution in [0.25, 0.3) is 71.6 Å². The molecule has 0 saturated carbocycles. The maximum atomic E-state index is 15.1. The Kier molecular flexibility index (Phi) is 7.42. The second-order valence-electron chi connectivity index (χ2n) is 13.5. The first kappa shape index (κ1) is 31.2. The summed E-state index contributed by atoms with van der Waals surface area (Å²) in [7, 11) is -3.08. The summed E-state index contributed by atoms with van der Waals surface area (Å²) in [6, 6.07) is 68.9. The van der Waals surface area contributed by atoms with E-state index in [4.69, 9.17) is 4.98 Å². The Morgan fingerprint density at radius 3 is 1.64 bits per heavy atom. The van der Waals surface area contributed by atoms with E-state index in [0.29, 0.717) is 0 Å². The molecule has 0 spiro atoms. The average molecular weight is 697 g/mol. The molecule has 0 radical (unpaired) electrons. The van der Waals surface area contributed by atoms with Crippen molar-refractivity contribution >= 4 is 66.5 Å². The van der Waals surface area contributed by atoms with E-state index < -0.39 is 7.14 Å². The first-order valence-electron chi connectivity index (χ1n) is 17.9. The quantitative estimate of drug-likeness (QED) is 0.128. The minimum Gasteiger partial charge on any atom is -0.309 e. The summed E-state index contributed by atoms with van der Waals surface area (Å²) >= 11 is 0. The van der Waals surface area contributed by atoms with E-state index in [-0.39, 0.29) is 0 Å². The first-order valence-corrected chi connectivity index (χ1v) is 19.6. The van der Waals surface area contributed by atoms with Crippen LogP contribution in [0.5, 0.6) is 0 Å². The van der Waals surface area contributed by atoms with Gasteiger partial charge in [0, 0.05) is 54.1 Å². The van der Waals surface area contributed by atoms with Crippen LogP contribution in [-0.2, 0) is 4.57 Å². The van der Waals surface area contributed by atoms with Crippen molar-refractivity contribution in [3.05, 3.63) is 200 Å². The van der Waals surface area contributed by atoms with Crippen LogP contribution < -0.4 is 15.9 Å². The number of pyridine rings is 1. The third-order valence-electron chi connectivity index (χ3n) is 10.5. The van der Waals surface area contributed by atoms with Crippen LogP contribution in [-0.4, -0.2) is 9.55 Å². The summed E-state index contributed by atoms with van der Waals surface area (Å²) in [5.74, 6) is 0. The molecule has 0 fully saturated rings. The van der Waals surface area contributed by atoms with Crippen LogP contribution in [0, 0.1) is 0 Å². The molecule has 0 unspecified atom stereocenters. The monoisotopic (exact) mass is 696 g/mol. The van der Waals surface area contributed by atoms with E-state index in [1.54, 1.807) is 0 Å². The molecule has 10 rings (SSSR count). The summed E-state index contributed by atoms with van der Waals surface area (Å²) < 4.78 is 17.4. The molecule has 53 heavy (non-hydrogen) atoms. The molecule has 2 heterocycles. The highest BCUT2D eigenvalue weighted by atomic mass is 31.2. The summed E-state index contributed by atoms with van der Waals surface area (Å²) in [6.45, 7) is 0. The lowest BCUT2D eigenvalue weighted by molar-refractivity contribution is 0.592. The Balaban J connectivity index is 1.22. The Morgan fingerprint density at radius 1 is 0.396 bits per heavy atom. The minimum atomic E-state index is -3.08. The van der Waals surface area contributed by atoms with E-state index >= 15 is 4.57 Å². The second-order valence-corrected chi connectivity index (χ2v) is 16.2. The van der Waals surface area contributed by atoms with Gasteiger partial charge in [0.1, 0.15) is 0 Å². The lowest BCUT2D eigenvalue weighted by Crippen LogP contribution is -2.24.